The van der Waals surface area contributed by atoms with Gasteiger partial charge in [-0.3, -0.25) is 0 Å². The van der Waals surface area contributed by atoms with Crippen molar-refractivity contribution in [1.82, 2.24) is 0 Å². The van der Waals surface area contributed by atoms with Gasteiger partial charge < -0.3 is 24.8 Å². The second-order valence-electron chi connectivity index (χ2n) is 13.5. The number of hydrogen-bond donors (Lipinski definition) is 0. The Morgan fingerprint density at radius 2 is 1.12 bits per heavy atom. The maximum Gasteiger partial charge on any atom is -1.00 e. The molecule has 0 heterocycles. The van der Waals surface area contributed by atoms with Gasteiger partial charge >= 0.3 is 286 Å². The predicted molar refractivity (Wildman–Crippen MR) is 196 cm³/mol. The van der Waals surface area contributed by atoms with E-state index in [0.717, 1.165) is 11.5 Å². The molecule has 1 aliphatic carbocycles. The summed E-state index contributed by atoms with van der Waals surface area (Å²) in [5.74, 6) is 2.07. The Balaban J connectivity index is 0.00000260. The summed E-state index contributed by atoms with van der Waals surface area (Å²) in [7, 11) is 0. The molecular formula is C43H47Cl2OSiTi. The minimum Gasteiger partial charge on any atom is -1.00 e. The fourth-order valence-electron chi connectivity index (χ4n) is 7.80. The van der Waals surface area contributed by atoms with Gasteiger partial charge in [0.2, 0.25) is 0 Å². The molecule has 247 valence electrons. The topological polar surface area (TPSA) is 9.23 Å². The number of allylic oxidation sites excluding steroid dienone is 2. The van der Waals surface area contributed by atoms with E-state index in [1.807, 2.05) is 0 Å². The number of fused-ring (bicyclic) bond motifs is 1. The van der Waals surface area contributed by atoms with Crippen molar-refractivity contribution in [2.45, 2.75) is 71.7 Å². The zero-order valence-corrected chi connectivity index (χ0v) is 33.9. The number of rotatable bonds is 8. The summed E-state index contributed by atoms with van der Waals surface area (Å²) in [6.07, 6.45) is 0. The van der Waals surface area contributed by atoms with Crippen molar-refractivity contribution in [3.8, 4) is 11.5 Å². The first-order chi connectivity index (χ1) is 22.1. The molecule has 48 heavy (non-hydrogen) atoms. The van der Waals surface area contributed by atoms with Crippen LogP contribution >= 0.6 is 0 Å². The van der Waals surface area contributed by atoms with Crippen LogP contribution in [0.25, 0.3) is 5.57 Å². The molecule has 5 aromatic carbocycles. The molecule has 0 N–H and O–H groups in total. The zero-order chi connectivity index (χ0) is 32.7. The summed E-state index contributed by atoms with van der Waals surface area (Å²) >= 11 is -2.05. The Kier molecular flexibility index (Phi) is 12.5. The number of benzene rings is 5. The molecule has 5 aromatic rings. The molecule has 1 nitrogen and oxygen atoms in total. The third kappa shape index (κ3) is 6.93. The fraction of sp³-hybridized carbons (Fsp3) is 0.256. The summed E-state index contributed by atoms with van der Waals surface area (Å²) in [5, 5.41) is 0. The number of aryl methyl sites for hydroxylation is 1. The molecule has 0 saturated heterocycles. The van der Waals surface area contributed by atoms with Crippen molar-refractivity contribution in [3.63, 3.8) is 0 Å². The standard InChI is InChI=1S/C26H21O.C15H19.C2H7Si.2ClH.Ti/c1-20-17-18-25(27-23-15-9-4-10-16-23)24(19-20)26(21-11-5-2-6-12-21)22-13-7-3-8-14-22;1-8-7-14-12(5)10(3)11(4)13(6)15(14)9(8)2;1-3-2;;;/h2-17,19,26H,1H3;7H,1-6H3;3H,1-2H3;2*1H;/q;;;;;+2/p-2. The van der Waals surface area contributed by atoms with Crippen molar-refractivity contribution in [1.29, 1.82) is 0 Å². The van der Waals surface area contributed by atoms with Gasteiger partial charge in [0.25, 0.3) is 0 Å². The van der Waals surface area contributed by atoms with E-state index in [0.29, 0.717) is 4.22 Å². The van der Waals surface area contributed by atoms with E-state index in [1.165, 1.54) is 59.5 Å². The number of hydrogen-bond acceptors (Lipinski definition) is 1. The quantitative estimate of drug-likeness (QED) is 0.162. The Labute approximate surface area is 308 Å². The van der Waals surface area contributed by atoms with Crippen LogP contribution in [0.4, 0.5) is 0 Å². The van der Waals surface area contributed by atoms with Gasteiger partial charge in [-0.05, 0) is 0 Å². The average molecular weight is 727 g/mol. The fourth-order valence-corrected chi connectivity index (χ4v) is 21.7. The van der Waals surface area contributed by atoms with E-state index in [9.17, 15) is 0 Å². The second-order valence-corrected chi connectivity index (χ2v) is 27.0. The van der Waals surface area contributed by atoms with Crippen LogP contribution in [0.2, 0.25) is 13.1 Å². The molecule has 1 unspecified atom stereocenters. The van der Waals surface area contributed by atoms with Gasteiger partial charge in [-0.1, -0.05) is 0 Å². The molecule has 1 atom stereocenters. The van der Waals surface area contributed by atoms with Gasteiger partial charge in [0.15, 0.2) is 0 Å². The third-order valence-corrected chi connectivity index (χ3v) is 23.8. The molecule has 0 amide bonds. The molecular weight excluding hydrogens is 679 g/mol. The van der Waals surface area contributed by atoms with Gasteiger partial charge in [0.05, 0.1) is 0 Å². The van der Waals surface area contributed by atoms with Crippen LogP contribution in [0.15, 0.2) is 109 Å². The number of halogens is 2. The van der Waals surface area contributed by atoms with Gasteiger partial charge in [0.1, 0.15) is 0 Å². The Morgan fingerprint density at radius 3 is 1.65 bits per heavy atom. The van der Waals surface area contributed by atoms with Crippen molar-refractivity contribution < 1.29 is 46.7 Å². The zero-order valence-electron chi connectivity index (χ0n) is 29.7. The first-order valence-corrected chi connectivity index (χ1v) is 24.0. The van der Waals surface area contributed by atoms with Crippen LogP contribution in [0.5, 0.6) is 11.5 Å². The Bertz CT molecular complexity index is 1880. The van der Waals surface area contributed by atoms with E-state index in [1.54, 1.807) is 11.1 Å². The van der Waals surface area contributed by atoms with Crippen LogP contribution in [0.3, 0.4) is 0 Å². The Morgan fingerprint density at radius 1 is 0.625 bits per heavy atom. The summed E-state index contributed by atoms with van der Waals surface area (Å²) < 4.78 is 9.23. The summed E-state index contributed by atoms with van der Waals surface area (Å²) in [6, 6.07) is 37.4. The van der Waals surface area contributed by atoms with Crippen LogP contribution in [0, 0.1) is 34.6 Å². The molecule has 0 aromatic heterocycles. The number of para-hydroxylation sites is 1. The second kappa shape index (κ2) is 15.8. The Hall–Kier alpha value is -2.85. The predicted octanol–water partition coefficient (Wildman–Crippen LogP) is 4.98. The van der Waals surface area contributed by atoms with E-state index in [4.69, 9.17) is 4.74 Å². The summed E-state index contributed by atoms with van der Waals surface area (Å²) in [5.41, 5.74) is 17.3. The van der Waals surface area contributed by atoms with Gasteiger partial charge in [-0.25, -0.2) is 0 Å². The monoisotopic (exact) mass is 725 g/mol. The SMILES string of the molecule is CC1=C(C)[CH]([Ti+2]([c]2cc(C)cc(C(c3ccccc3)c3ccccc3)c2Oc2ccccc2)[SiH](C)C)c2c(C)c(C)c(C)c(C)c21.[Cl-].[Cl-]. The van der Waals surface area contributed by atoms with Crippen LogP contribution in [0.1, 0.15) is 79.6 Å². The van der Waals surface area contributed by atoms with E-state index >= 15 is 0 Å². The average Bonchev–Trinajstić information content (AvgIpc) is 3.31. The maximum absolute atomic E-state index is 7.21. The van der Waals surface area contributed by atoms with E-state index < -0.39 is 23.8 Å². The van der Waals surface area contributed by atoms with Gasteiger partial charge in [0, 0.05) is 0 Å². The van der Waals surface area contributed by atoms with Gasteiger partial charge in [-0.2, -0.15) is 0 Å². The largest absolute Gasteiger partial charge is 1.00 e. The molecule has 0 aliphatic heterocycles. The van der Waals surface area contributed by atoms with E-state index in [-0.39, 0.29) is 30.7 Å². The van der Waals surface area contributed by atoms with Crippen LogP contribution in [-0.4, -0.2) is 6.66 Å². The van der Waals surface area contributed by atoms with Crippen LogP contribution < -0.4 is 33.4 Å². The molecule has 0 bridgehead atoms. The molecule has 0 radical (unpaired) electrons. The smallest absolute Gasteiger partial charge is 1.00 e. The molecule has 5 heteroatoms. The molecule has 0 spiro atoms. The molecule has 6 rings (SSSR count). The summed E-state index contributed by atoms with van der Waals surface area (Å²) in [4.78, 5) is 0. The van der Waals surface area contributed by atoms with Crippen LogP contribution in [-0.2, 0) is 17.1 Å². The minimum atomic E-state index is -2.05. The minimum absolute atomic E-state index is 0. The molecule has 1 aliphatic rings. The van der Waals surface area contributed by atoms with E-state index in [2.05, 4.69) is 165 Å². The maximum atomic E-state index is 7.21. The summed E-state index contributed by atoms with van der Waals surface area (Å²) in [6.45, 7) is 20.6. The van der Waals surface area contributed by atoms with Crippen molar-refractivity contribution >= 4 is 16.1 Å². The normalized spacial score (nSPS) is 13.7. The molecule has 0 saturated carbocycles. The number of ether oxygens (including phenoxy) is 1. The van der Waals surface area contributed by atoms with Gasteiger partial charge in [-0.15, -0.1) is 0 Å². The first-order valence-electron chi connectivity index (χ1n) is 16.7. The van der Waals surface area contributed by atoms with Crippen molar-refractivity contribution in [2.24, 2.45) is 0 Å². The molecule has 0 fully saturated rings. The first kappa shape index (κ1) is 38.0. The van der Waals surface area contributed by atoms with Crippen molar-refractivity contribution in [3.05, 3.63) is 164 Å². The third-order valence-electron chi connectivity index (χ3n) is 10.5. The van der Waals surface area contributed by atoms with Crippen molar-refractivity contribution in [2.75, 3.05) is 0 Å².